The summed E-state index contributed by atoms with van der Waals surface area (Å²) >= 11 is 0. The number of Topliss-reactive ketones (excluding diaryl/α,β-unsaturated/α-hetero) is 1. The first kappa shape index (κ1) is 20.9. The molecule has 1 amide bonds. The van der Waals surface area contributed by atoms with Crippen LogP contribution in [0, 0.1) is 17.8 Å². The molecule has 1 saturated heterocycles. The number of carbonyl (C=O) groups excluding carboxylic acids is 2. The molecule has 4 heteroatoms. The lowest BCUT2D eigenvalue weighted by molar-refractivity contribution is -0.129. The van der Waals surface area contributed by atoms with Crippen molar-refractivity contribution < 1.29 is 14.3 Å². The number of ether oxygens (including phenoxy) is 1. The van der Waals surface area contributed by atoms with E-state index in [2.05, 4.69) is 13.5 Å². The number of amides is 1. The fourth-order valence-electron chi connectivity index (χ4n) is 5.36. The Kier molecular flexibility index (Phi) is 6.12. The van der Waals surface area contributed by atoms with Crippen LogP contribution >= 0.6 is 0 Å². The number of para-hydroxylation sites is 1. The Bertz CT molecular complexity index is 848. The average molecular weight is 408 g/mol. The quantitative estimate of drug-likeness (QED) is 0.663. The fourth-order valence-corrected chi connectivity index (χ4v) is 5.36. The molecule has 0 spiro atoms. The second-order valence-corrected chi connectivity index (χ2v) is 9.29. The molecule has 3 aliphatic rings. The summed E-state index contributed by atoms with van der Waals surface area (Å²) in [7, 11) is 0. The number of carbonyl (C=O) groups is 2. The van der Waals surface area contributed by atoms with Crippen LogP contribution in [-0.4, -0.2) is 35.8 Å². The van der Waals surface area contributed by atoms with Gasteiger partial charge < -0.3 is 9.64 Å². The summed E-state index contributed by atoms with van der Waals surface area (Å²) in [5, 5.41) is 0. The summed E-state index contributed by atoms with van der Waals surface area (Å²) < 4.78 is 6.06. The predicted octanol–water partition coefficient (Wildman–Crippen LogP) is 4.95. The summed E-state index contributed by atoms with van der Waals surface area (Å²) in [5.41, 5.74) is 2.96. The molecule has 0 bridgehead atoms. The van der Waals surface area contributed by atoms with Gasteiger partial charge >= 0.3 is 0 Å². The number of rotatable bonds is 4. The highest BCUT2D eigenvalue weighted by Gasteiger charge is 2.38. The van der Waals surface area contributed by atoms with Crippen molar-refractivity contribution in [2.24, 2.45) is 17.8 Å². The highest BCUT2D eigenvalue weighted by molar-refractivity contribution is 5.99. The molecule has 1 aromatic rings. The lowest BCUT2D eigenvalue weighted by atomic mass is 9.86. The Morgan fingerprint density at radius 3 is 2.47 bits per heavy atom. The van der Waals surface area contributed by atoms with Crippen LogP contribution < -0.4 is 4.74 Å². The second-order valence-electron chi connectivity index (χ2n) is 9.29. The third-order valence-electron chi connectivity index (χ3n) is 7.42. The average Bonchev–Trinajstić information content (AvgIpc) is 2.94. The molecule has 3 atom stereocenters. The molecular weight excluding hydrogens is 374 g/mol. The largest absolute Gasteiger partial charge is 0.490 e. The Morgan fingerprint density at radius 1 is 1.07 bits per heavy atom. The van der Waals surface area contributed by atoms with Crippen molar-refractivity contribution in [2.45, 2.75) is 58.5 Å². The molecule has 0 radical (unpaired) electrons. The van der Waals surface area contributed by atoms with Crippen LogP contribution in [0.25, 0.3) is 0 Å². The summed E-state index contributed by atoms with van der Waals surface area (Å²) in [6.07, 6.45) is 5.36. The van der Waals surface area contributed by atoms with Gasteiger partial charge in [0.15, 0.2) is 5.78 Å². The highest BCUT2D eigenvalue weighted by atomic mass is 16.5. The monoisotopic (exact) mass is 407 g/mol. The van der Waals surface area contributed by atoms with Crippen molar-refractivity contribution in [3.05, 3.63) is 53.6 Å². The van der Waals surface area contributed by atoms with E-state index in [0.29, 0.717) is 37.1 Å². The van der Waals surface area contributed by atoms with Gasteiger partial charge in [0.25, 0.3) is 0 Å². The van der Waals surface area contributed by atoms with Crippen LogP contribution in [0.2, 0.25) is 0 Å². The molecule has 0 aromatic heterocycles. The number of allylic oxidation sites excluding steroid dienone is 2. The smallest absolute Gasteiger partial charge is 0.249 e. The number of hydrogen-bond donors (Lipinski definition) is 0. The number of hydrogen-bond acceptors (Lipinski definition) is 3. The first-order chi connectivity index (χ1) is 14.4. The van der Waals surface area contributed by atoms with Crippen LogP contribution in [0.1, 0.15) is 52.4 Å². The van der Waals surface area contributed by atoms with E-state index in [4.69, 9.17) is 4.74 Å². The minimum absolute atomic E-state index is 0.0897. The SMILES string of the molecule is C=C(C(=O)N1CCC(Oc2ccccc2)CC1)[C@@H]1CC[C@H](C)[C@@H]2CC(=O)C(C)=C2C1. The minimum atomic E-state index is 0.0897. The molecule has 2 aliphatic carbocycles. The highest BCUT2D eigenvalue weighted by Crippen LogP contribution is 2.45. The molecule has 1 aliphatic heterocycles. The Hall–Kier alpha value is -2.36. The minimum Gasteiger partial charge on any atom is -0.490 e. The maximum Gasteiger partial charge on any atom is 0.249 e. The predicted molar refractivity (Wildman–Crippen MR) is 118 cm³/mol. The number of fused-ring (bicyclic) bond motifs is 1. The van der Waals surface area contributed by atoms with E-state index in [-0.39, 0.29) is 17.9 Å². The van der Waals surface area contributed by atoms with E-state index in [1.165, 1.54) is 5.57 Å². The van der Waals surface area contributed by atoms with E-state index in [9.17, 15) is 9.59 Å². The topological polar surface area (TPSA) is 46.6 Å². The van der Waals surface area contributed by atoms with Crippen LogP contribution in [0.4, 0.5) is 0 Å². The second kappa shape index (κ2) is 8.79. The molecule has 0 N–H and O–H groups in total. The van der Waals surface area contributed by atoms with Gasteiger partial charge in [-0.2, -0.15) is 0 Å². The Morgan fingerprint density at radius 2 is 1.77 bits per heavy atom. The van der Waals surface area contributed by atoms with Crippen molar-refractivity contribution in [3.8, 4) is 5.75 Å². The van der Waals surface area contributed by atoms with Gasteiger partial charge in [-0.15, -0.1) is 0 Å². The number of likely N-dealkylation sites (tertiary alicyclic amines) is 1. The first-order valence-electron chi connectivity index (χ1n) is 11.4. The molecule has 30 heavy (non-hydrogen) atoms. The van der Waals surface area contributed by atoms with E-state index in [1.54, 1.807) is 0 Å². The molecule has 0 unspecified atom stereocenters. The molecular formula is C26H33NO3. The molecule has 4 nitrogen and oxygen atoms in total. The van der Waals surface area contributed by atoms with Crippen LogP contribution in [0.3, 0.4) is 0 Å². The van der Waals surface area contributed by atoms with Gasteiger partial charge in [-0.05, 0) is 61.6 Å². The zero-order valence-electron chi connectivity index (χ0n) is 18.2. The first-order valence-corrected chi connectivity index (χ1v) is 11.4. The molecule has 1 saturated carbocycles. The van der Waals surface area contributed by atoms with Crippen molar-refractivity contribution in [1.29, 1.82) is 0 Å². The van der Waals surface area contributed by atoms with Crippen LogP contribution in [-0.2, 0) is 9.59 Å². The zero-order chi connectivity index (χ0) is 21.3. The standard InChI is InChI=1S/C26H33NO3/c1-17-9-10-20(15-24-19(3)25(28)16-23(17)24)18(2)26(29)27-13-11-22(12-14-27)30-21-7-5-4-6-8-21/h4-8,17,20,22-23H,2,9-16H2,1,3H3/t17-,20+,23-/m0/s1. The summed E-state index contributed by atoms with van der Waals surface area (Å²) in [5.74, 6) is 2.30. The van der Waals surface area contributed by atoms with E-state index < -0.39 is 0 Å². The Balaban J connectivity index is 1.36. The van der Waals surface area contributed by atoms with Gasteiger partial charge in [-0.1, -0.05) is 37.3 Å². The fraction of sp³-hybridized carbons (Fsp3) is 0.538. The number of piperidine rings is 1. The lowest BCUT2D eigenvalue weighted by Crippen LogP contribution is -2.43. The van der Waals surface area contributed by atoms with E-state index >= 15 is 0 Å². The molecule has 1 aromatic carbocycles. The van der Waals surface area contributed by atoms with Crippen molar-refractivity contribution >= 4 is 11.7 Å². The van der Waals surface area contributed by atoms with Gasteiger partial charge in [0.1, 0.15) is 11.9 Å². The molecule has 1 heterocycles. The zero-order valence-corrected chi connectivity index (χ0v) is 18.2. The molecule has 160 valence electrons. The van der Waals surface area contributed by atoms with Crippen molar-refractivity contribution in [2.75, 3.05) is 13.1 Å². The van der Waals surface area contributed by atoms with E-state index in [0.717, 1.165) is 49.0 Å². The third kappa shape index (κ3) is 4.23. The third-order valence-corrected chi connectivity index (χ3v) is 7.42. The number of nitrogens with zero attached hydrogens (tertiary/aromatic N) is 1. The molecule has 4 rings (SSSR count). The summed E-state index contributed by atoms with van der Waals surface area (Å²) in [4.78, 5) is 27.4. The number of benzene rings is 1. The van der Waals surface area contributed by atoms with Crippen LogP contribution in [0.15, 0.2) is 53.6 Å². The molecule has 2 fully saturated rings. The maximum atomic E-state index is 13.2. The van der Waals surface area contributed by atoms with Gasteiger partial charge in [0.2, 0.25) is 5.91 Å². The summed E-state index contributed by atoms with van der Waals surface area (Å²) in [6, 6.07) is 9.89. The van der Waals surface area contributed by atoms with Gasteiger partial charge in [-0.3, -0.25) is 9.59 Å². The maximum absolute atomic E-state index is 13.2. The van der Waals surface area contributed by atoms with E-state index in [1.807, 2.05) is 42.2 Å². The van der Waals surface area contributed by atoms with Crippen molar-refractivity contribution in [1.82, 2.24) is 4.90 Å². The van der Waals surface area contributed by atoms with Crippen molar-refractivity contribution in [3.63, 3.8) is 0 Å². The van der Waals surface area contributed by atoms with Gasteiger partial charge in [-0.25, -0.2) is 0 Å². The normalized spacial score (nSPS) is 27.6. The summed E-state index contributed by atoms with van der Waals surface area (Å²) in [6.45, 7) is 9.87. The van der Waals surface area contributed by atoms with Gasteiger partial charge in [0.05, 0.1) is 0 Å². The van der Waals surface area contributed by atoms with Crippen LogP contribution in [0.5, 0.6) is 5.75 Å². The number of ketones is 1. The van der Waals surface area contributed by atoms with Gasteiger partial charge in [0, 0.05) is 37.9 Å². The lowest BCUT2D eigenvalue weighted by Gasteiger charge is -2.33. The Labute approximate surface area is 180 Å².